The molecule has 0 heterocycles. The highest BCUT2D eigenvalue weighted by Crippen LogP contribution is 2.17. The number of nitrogens with zero attached hydrogens (tertiary/aromatic N) is 1. The number of carbonyl (C=O) groups excluding carboxylic acids is 1. The molecule has 1 unspecified atom stereocenters. The van der Waals surface area contributed by atoms with Gasteiger partial charge in [-0.2, -0.15) is 0 Å². The van der Waals surface area contributed by atoms with Crippen LogP contribution in [0.3, 0.4) is 0 Å². The van der Waals surface area contributed by atoms with Crippen LogP contribution in [0.15, 0.2) is 28.7 Å². The largest absolute Gasteiger partial charge is 0.459 e. The van der Waals surface area contributed by atoms with Gasteiger partial charge in [-0.1, -0.05) is 28.1 Å². The monoisotopic (exact) mass is 327 g/mol. The Balaban J connectivity index is 2.81. The minimum atomic E-state index is -0.456. The number of carbonyl (C=O) groups is 1. The van der Waals surface area contributed by atoms with Crippen LogP contribution < -0.4 is 0 Å². The molecule has 0 aliphatic carbocycles. The van der Waals surface area contributed by atoms with Crippen LogP contribution in [-0.2, 0) is 16.0 Å². The van der Waals surface area contributed by atoms with Crippen LogP contribution in [0.5, 0.6) is 0 Å². The van der Waals surface area contributed by atoms with E-state index in [-0.39, 0.29) is 12.0 Å². The summed E-state index contributed by atoms with van der Waals surface area (Å²) in [6, 6.07) is 7.73. The molecule has 19 heavy (non-hydrogen) atoms. The molecule has 0 bridgehead atoms. The van der Waals surface area contributed by atoms with Crippen LogP contribution in [0.25, 0.3) is 0 Å². The van der Waals surface area contributed by atoms with E-state index in [2.05, 4.69) is 15.9 Å². The molecule has 0 amide bonds. The van der Waals surface area contributed by atoms with Gasteiger partial charge in [0.25, 0.3) is 0 Å². The Hall–Kier alpha value is -0.870. The fraction of sp³-hybridized carbons (Fsp3) is 0.533. The van der Waals surface area contributed by atoms with Crippen LogP contribution in [0.2, 0.25) is 0 Å². The van der Waals surface area contributed by atoms with Gasteiger partial charge in [-0.3, -0.25) is 9.69 Å². The molecular weight excluding hydrogens is 306 g/mol. The average Bonchev–Trinajstić information content (AvgIpc) is 2.23. The lowest BCUT2D eigenvalue weighted by molar-refractivity contribution is -0.160. The van der Waals surface area contributed by atoms with Gasteiger partial charge in [0, 0.05) is 4.47 Å². The Morgan fingerprint density at radius 2 is 2.00 bits per heavy atom. The van der Waals surface area contributed by atoms with Gasteiger partial charge in [-0.05, 0) is 59.0 Å². The van der Waals surface area contributed by atoms with Gasteiger partial charge < -0.3 is 4.74 Å². The molecule has 0 fully saturated rings. The summed E-state index contributed by atoms with van der Waals surface area (Å²) in [5, 5.41) is 0. The maximum Gasteiger partial charge on any atom is 0.324 e. The highest BCUT2D eigenvalue weighted by Gasteiger charge is 2.27. The van der Waals surface area contributed by atoms with E-state index in [0.29, 0.717) is 6.42 Å². The van der Waals surface area contributed by atoms with Crippen LogP contribution in [0.4, 0.5) is 0 Å². The second-order valence-corrected chi connectivity index (χ2v) is 6.76. The summed E-state index contributed by atoms with van der Waals surface area (Å²) in [4.78, 5) is 14.1. The molecule has 0 aliphatic heterocycles. The SMILES string of the molecule is CN(C)C(Cc1cccc(Br)c1)C(=O)OC(C)(C)C. The zero-order valence-corrected chi connectivity index (χ0v) is 13.8. The molecule has 1 atom stereocenters. The molecule has 0 aliphatic rings. The zero-order valence-electron chi connectivity index (χ0n) is 12.2. The standard InChI is InChI=1S/C15H22BrNO2/c1-15(2,3)19-14(18)13(17(4)5)10-11-7-6-8-12(16)9-11/h6-9,13H,10H2,1-5H3. The summed E-state index contributed by atoms with van der Waals surface area (Å²) in [5.41, 5.74) is 0.654. The van der Waals surface area contributed by atoms with Crippen molar-refractivity contribution in [3.63, 3.8) is 0 Å². The van der Waals surface area contributed by atoms with Crippen molar-refractivity contribution in [2.45, 2.75) is 38.8 Å². The Morgan fingerprint density at radius 3 is 2.47 bits per heavy atom. The summed E-state index contributed by atoms with van der Waals surface area (Å²) in [5.74, 6) is -0.183. The first-order valence-electron chi connectivity index (χ1n) is 6.33. The van der Waals surface area contributed by atoms with Crippen molar-refractivity contribution >= 4 is 21.9 Å². The fourth-order valence-corrected chi connectivity index (χ4v) is 2.18. The van der Waals surface area contributed by atoms with Crippen molar-refractivity contribution in [1.29, 1.82) is 0 Å². The summed E-state index contributed by atoms with van der Waals surface area (Å²) >= 11 is 3.45. The number of hydrogen-bond acceptors (Lipinski definition) is 3. The minimum Gasteiger partial charge on any atom is -0.459 e. The highest BCUT2D eigenvalue weighted by molar-refractivity contribution is 9.10. The fourth-order valence-electron chi connectivity index (χ4n) is 1.73. The number of likely N-dealkylation sites (N-methyl/N-ethyl adjacent to an activating group) is 1. The molecule has 1 rings (SSSR count). The zero-order chi connectivity index (χ0) is 14.6. The molecule has 0 saturated heterocycles. The van der Waals surface area contributed by atoms with E-state index in [1.165, 1.54) is 0 Å². The summed E-state index contributed by atoms with van der Waals surface area (Å²) in [7, 11) is 3.79. The minimum absolute atomic E-state index is 0.183. The average molecular weight is 328 g/mol. The normalized spacial score (nSPS) is 13.4. The third-order valence-electron chi connectivity index (χ3n) is 2.62. The molecule has 106 valence electrons. The molecule has 0 saturated carbocycles. The summed E-state index contributed by atoms with van der Waals surface area (Å²) in [6.45, 7) is 5.66. The first-order valence-corrected chi connectivity index (χ1v) is 7.12. The molecule has 4 heteroatoms. The van der Waals surface area contributed by atoms with Crippen molar-refractivity contribution < 1.29 is 9.53 Å². The van der Waals surface area contributed by atoms with Crippen molar-refractivity contribution in [3.05, 3.63) is 34.3 Å². The van der Waals surface area contributed by atoms with Gasteiger partial charge in [0.1, 0.15) is 11.6 Å². The van der Waals surface area contributed by atoms with Gasteiger partial charge in [-0.15, -0.1) is 0 Å². The predicted molar refractivity (Wildman–Crippen MR) is 81.2 cm³/mol. The quantitative estimate of drug-likeness (QED) is 0.795. The van der Waals surface area contributed by atoms with Crippen LogP contribution >= 0.6 is 15.9 Å². The first kappa shape index (κ1) is 16.2. The molecule has 0 aromatic heterocycles. The first-order chi connectivity index (χ1) is 8.69. The van der Waals surface area contributed by atoms with Crippen molar-refractivity contribution in [2.75, 3.05) is 14.1 Å². The Labute approximate surface area is 124 Å². The number of hydrogen-bond donors (Lipinski definition) is 0. The second-order valence-electron chi connectivity index (χ2n) is 5.85. The smallest absolute Gasteiger partial charge is 0.324 e. The number of esters is 1. The lowest BCUT2D eigenvalue weighted by Gasteiger charge is -2.27. The Morgan fingerprint density at radius 1 is 1.37 bits per heavy atom. The van der Waals surface area contributed by atoms with E-state index in [4.69, 9.17) is 4.74 Å². The number of rotatable bonds is 4. The van der Waals surface area contributed by atoms with Crippen molar-refractivity contribution in [2.24, 2.45) is 0 Å². The number of halogens is 1. The third kappa shape index (κ3) is 5.74. The third-order valence-corrected chi connectivity index (χ3v) is 3.11. The van der Waals surface area contributed by atoms with Crippen molar-refractivity contribution in [3.8, 4) is 0 Å². The van der Waals surface area contributed by atoms with E-state index in [1.807, 2.05) is 64.0 Å². The topological polar surface area (TPSA) is 29.5 Å². The summed E-state index contributed by atoms with van der Waals surface area (Å²) < 4.78 is 6.49. The van der Waals surface area contributed by atoms with Gasteiger partial charge in [-0.25, -0.2) is 0 Å². The van der Waals surface area contributed by atoms with Crippen LogP contribution in [-0.4, -0.2) is 36.6 Å². The number of benzene rings is 1. The van der Waals surface area contributed by atoms with E-state index < -0.39 is 5.60 Å². The van der Waals surface area contributed by atoms with E-state index in [0.717, 1.165) is 10.0 Å². The molecule has 3 nitrogen and oxygen atoms in total. The van der Waals surface area contributed by atoms with Gasteiger partial charge in [0.05, 0.1) is 0 Å². The molecule has 1 aromatic rings. The molecule has 0 N–H and O–H groups in total. The summed E-state index contributed by atoms with van der Waals surface area (Å²) in [6.07, 6.45) is 0.640. The van der Waals surface area contributed by atoms with E-state index in [9.17, 15) is 4.79 Å². The van der Waals surface area contributed by atoms with Crippen molar-refractivity contribution in [1.82, 2.24) is 4.90 Å². The van der Waals surface area contributed by atoms with Crippen LogP contribution in [0.1, 0.15) is 26.3 Å². The number of ether oxygens (including phenoxy) is 1. The predicted octanol–water partition coefficient (Wildman–Crippen LogP) is 3.26. The molecular formula is C15H22BrNO2. The van der Waals surface area contributed by atoms with E-state index in [1.54, 1.807) is 0 Å². The lowest BCUT2D eigenvalue weighted by Crippen LogP contribution is -2.42. The molecule has 0 radical (unpaired) electrons. The maximum absolute atomic E-state index is 12.2. The molecule has 0 spiro atoms. The maximum atomic E-state index is 12.2. The lowest BCUT2D eigenvalue weighted by atomic mass is 10.0. The molecule has 1 aromatic carbocycles. The van der Waals surface area contributed by atoms with Crippen LogP contribution in [0, 0.1) is 0 Å². The Kier molecular flexibility index (Phi) is 5.56. The van der Waals surface area contributed by atoms with Gasteiger partial charge in [0.2, 0.25) is 0 Å². The highest BCUT2D eigenvalue weighted by atomic mass is 79.9. The van der Waals surface area contributed by atoms with E-state index >= 15 is 0 Å². The van der Waals surface area contributed by atoms with Gasteiger partial charge in [0.15, 0.2) is 0 Å². The van der Waals surface area contributed by atoms with Gasteiger partial charge >= 0.3 is 5.97 Å². The second kappa shape index (κ2) is 6.53. The Bertz CT molecular complexity index is 438.